The average Bonchev–Trinajstić information content (AvgIpc) is 2.75. The first-order valence-corrected chi connectivity index (χ1v) is 9.28. The number of aryl methyl sites for hydroxylation is 1. The minimum Gasteiger partial charge on any atom is -0.497 e. The Bertz CT molecular complexity index is 1030. The Morgan fingerprint density at radius 3 is 2.71 bits per heavy atom. The number of carbonyl (C=O) groups is 1. The number of nitrogens with zero attached hydrogens (tertiary/aromatic N) is 1. The number of hydrogen-bond donors (Lipinski definition) is 0. The molecular formula is C24H21NO3. The van der Waals surface area contributed by atoms with Crippen molar-refractivity contribution in [3.05, 3.63) is 94.8 Å². The van der Waals surface area contributed by atoms with Gasteiger partial charge in [0, 0.05) is 22.9 Å². The summed E-state index contributed by atoms with van der Waals surface area (Å²) >= 11 is 0. The molecule has 28 heavy (non-hydrogen) atoms. The Morgan fingerprint density at radius 2 is 1.89 bits per heavy atom. The van der Waals surface area contributed by atoms with Crippen molar-refractivity contribution >= 4 is 11.9 Å². The normalized spacial score (nSPS) is 14.6. The second-order valence-electron chi connectivity index (χ2n) is 6.67. The van der Waals surface area contributed by atoms with Gasteiger partial charge in [-0.1, -0.05) is 24.3 Å². The SMILES string of the molecule is COc1ccc2c(c1)CC/C(=C/c1ccccc1OCc1ccccn1)C2=O. The molecule has 0 N–H and O–H groups in total. The number of carbonyl (C=O) groups excluding carboxylic acids is 1. The fourth-order valence-corrected chi connectivity index (χ4v) is 3.37. The number of aromatic nitrogens is 1. The third-order valence-corrected chi connectivity index (χ3v) is 4.86. The van der Waals surface area contributed by atoms with E-state index in [4.69, 9.17) is 9.47 Å². The summed E-state index contributed by atoms with van der Waals surface area (Å²) in [6.45, 7) is 0.387. The van der Waals surface area contributed by atoms with Crippen LogP contribution < -0.4 is 9.47 Å². The summed E-state index contributed by atoms with van der Waals surface area (Å²) < 4.78 is 11.2. The van der Waals surface area contributed by atoms with Crippen LogP contribution in [-0.4, -0.2) is 17.9 Å². The predicted octanol–water partition coefficient (Wildman–Crippen LogP) is 4.88. The molecule has 0 radical (unpaired) electrons. The number of benzene rings is 2. The van der Waals surface area contributed by atoms with Gasteiger partial charge >= 0.3 is 0 Å². The molecule has 4 heteroatoms. The summed E-state index contributed by atoms with van der Waals surface area (Å²) in [4.78, 5) is 17.2. The van der Waals surface area contributed by atoms with E-state index in [0.717, 1.165) is 45.9 Å². The van der Waals surface area contributed by atoms with Crippen LogP contribution in [0.25, 0.3) is 6.08 Å². The van der Waals surface area contributed by atoms with Gasteiger partial charge in [-0.05, 0) is 60.9 Å². The molecule has 1 aliphatic carbocycles. The maximum absolute atomic E-state index is 13.0. The van der Waals surface area contributed by atoms with E-state index in [2.05, 4.69) is 4.98 Å². The highest BCUT2D eigenvalue weighted by atomic mass is 16.5. The summed E-state index contributed by atoms with van der Waals surface area (Å²) in [5.74, 6) is 1.60. The molecule has 1 heterocycles. The second-order valence-corrected chi connectivity index (χ2v) is 6.67. The number of ether oxygens (including phenoxy) is 2. The Balaban J connectivity index is 1.58. The fraction of sp³-hybridized carbons (Fsp3) is 0.167. The molecule has 1 aromatic heterocycles. The topological polar surface area (TPSA) is 48.4 Å². The number of fused-ring (bicyclic) bond motifs is 1. The van der Waals surface area contributed by atoms with Crippen LogP contribution in [0.5, 0.6) is 11.5 Å². The molecule has 4 nitrogen and oxygen atoms in total. The van der Waals surface area contributed by atoms with Crippen LogP contribution in [-0.2, 0) is 13.0 Å². The molecule has 140 valence electrons. The molecule has 0 saturated heterocycles. The number of pyridine rings is 1. The van der Waals surface area contributed by atoms with Crippen LogP contribution in [0.4, 0.5) is 0 Å². The van der Waals surface area contributed by atoms with Gasteiger partial charge in [0.05, 0.1) is 12.8 Å². The quantitative estimate of drug-likeness (QED) is 0.600. The number of para-hydroxylation sites is 1. The van der Waals surface area contributed by atoms with Gasteiger partial charge < -0.3 is 9.47 Å². The second kappa shape index (κ2) is 8.09. The van der Waals surface area contributed by atoms with E-state index in [1.807, 2.05) is 66.7 Å². The largest absolute Gasteiger partial charge is 0.497 e. The maximum atomic E-state index is 13.0. The highest BCUT2D eigenvalue weighted by Crippen LogP contribution is 2.31. The van der Waals surface area contributed by atoms with Crippen molar-refractivity contribution in [3.8, 4) is 11.5 Å². The number of ketones is 1. The molecule has 0 saturated carbocycles. The third-order valence-electron chi connectivity index (χ3n) is 4.86. The summed E-state index contributed by atoms with van der Waals surface area (Å²) in [6, 6.07) is 19.2. The summed E-state index contributed by atoms with van der Waals surface area (Å²) in [6.07, 6.45) is 5.22. The van der Waals surface area contributed by atoms with E-state index < -0.39 is 0 Å². The Labute approximate surface area is 164 Å². The van der Waals surface area contributed by atoms with Crippen LogP contribution in [0.1, 0.15) is 33.6 Å². The molecule has 0 aliphatic heterocycles. The van der Waals surface area contributed by atoms with Crippen molar-refractivity contribution in [2.75, 3.05) is 7.11 Å². The third kappa shape index (κ3) is 3.81. The molecule has 4 rings (SSSR count). The lowest BCUT2D eigenvalue weighted by Crippen LogP contribution is -2.14. The monoisotopic (exact) mass is 371 g/mol. The van der Waals surface area contributed by atoms with E-state index in [1.165, 1.54) is 0 Å². The molecule has 0 atom stereocenters. The zero-order valence-corrected chi connectivity index (χ0v) is 15.7. The number of methoxy groups -OCH3 is 1. The van der Waals surface area contributed by atoms with Crippen LogP contribution in [0, 0.1) is 0 Å². The van der Waals surface area contributed by atoms with Gasteiger partial charge in [-0.3, -0.25) is 9.78 Å². The van der Waals surface area contributed by atoms with Gasteiger partial charge in [-0.2, -0.15) is 0 Å². The first-order chi connectivity index (χ1) is 13.7. The molecule has 3 aromatic rings. The molecule has 0 spiro atoms. The smallest absolute Gasteiger partial charge is 0.189 e. The van der Waals surface area contributed by atoms with Crippen molar-refractivity contribution in [2.45, 2.75) is 19.4 Å². The fourth-order valence-electron chi connectivity index (χ4n) is 3.37. The average molecular weight is 371 g/mol. The van der Waals surface area contributed by atoms with E-state index in [-0.39, 0.29) is 5.78 Å². The number of allylic oxidation sites excluding steroid dienone is 1. The number of hydrogen-bond acceptors (Lipinski definition) is 4. The zero-order chi connectivity index (χ0) is 19.3. The van der Waals surface area contributed by atoms with Crippen LogP contribution in [0.15, 0.2) is 72.4 Å². The Hall–Kier alpha value is -3.40. The highest BCUT2D eigenvalue weighted by Gasteiger charge is 2.22. The molecule has 0 fully saturated rings. The number of rotatable bonds is 5. The van der Waals surface area contributed by atoms with Crippen LogP contribution >= 0.6 is 0 Å². The lowest BCUT2D eigenvalue weighted by atomic mass is 9.86. The van der Waals surface area contributed by atoms with Gasteiger partial charge in [-0.15, -0.1) is 0 Å². The van der Waals surface area contributed by atoms with E-state index in [1.54, 1.807) is 13.3 Å². The van der Waals surface area contributed by atoms with Crippen molar-refractivity contribution in [3.63, 3.8) is 0 Å². The zero-order valence-electron chi connectivity index (χ0n) is 15.7. The van der Waals surface area contributed by atoms with Crippen LogP contribution in [0.3, 0.4) is 0 Å². The van der Waals surface area contributed by atoms with Gasteiger partial charge in [0.25, 0.3) is 0 Å². The Kier molecular flexibility index (Phi) is 5.20. The van der Waals surface area contributed by atoms with Crippen molar-refractivity contribution in [1.82, 2.24) is 4.98 Å². The molecule has 0 amide bonds. The molecule has 2 aromatic carbocycles. The van der Waals surface area contributed by atoms with Gasteiger partial charge in [0.15, 0.2) is 5.78 Å². The van der Waals surface area contributed by atoms with E-state index >= 15 is 0 Å². The van der Waals surface area contributed by atoms with Gasteiger partial charge in [0.2, 0.25) is 0 Å². The lowest BCUT2D eigenvalue weighted by molar-refractivity contribution is 0.102. The highest BCUT2D eigenvalue weighted by molar-refractivity contribution is 6.13. The van der Waals surface area contributed by atoms with Crippen LogP contribution in [0.2, 0.25) is 0 Å². The first kappa shape index (κ1) is 18.0. The number of Topliss-reactive ketones (excluding diaryl/α,β-unsaturated/α-hetero) is 1. The van der Waals surface area contributed by atoms with E-state index in [9.17, 15) is 4.79 Å². The molecular weight excluding hydrogens is 350 g/mol. The summed E-state index contributed by atoms with van der Waals surface area (Å²) in [5, 5.41) is 0. The molecule has 0 bridgehead atoms. The van der Waals surface area contributed by atoms with Crippen molar-refractivity contribution in [2.24, 2.45) is 0 Å². The minimum atomic E-state index is 0.0726. The molecule has 0 unspecified atom stereocenters. The Morgan fingerprint density at radius 1 is 1.04 bits per heavy atom. The lowest BCUT2D eigenvalue weighted by Gasteiger charge is -2.18. The van der Waals surface area contributed by atoms with Crippen molar-refractivity contribution < 1.29 is 14.3 Å². The van der Waals surface area contributed by atoms with Crippen molar-refractivity contribution in [1.29, 1.82) is 0 Å². The first-order valence-electron chi connectivity index (χ1n) is 9.28. The molecule has 1 aliphatic rings. The summed E-state index contributed by atoms with van der Waals surface area (Å²) in [5.41, 5.74) is 4.36. The predicted molar refractivity (Wildman–Crippen MR) is 109 cm³/mol. The maximum Gasteiger partial charge on any atom is 0.189 e. The standard InChI is InChI=1S/C24H21NO3/c1-27-21-11-12-22-17(15-21)9-10-19(24(22)26)14-18-6-2-3-8-23(18)28-16-20-7-4-5-13-25-20/h2-8,11-15H,9-10,16H2,1H3/b19-14-. The van der Waals surface area contributed by atoms with E-state index in [0.29, 0.717) is 13.0 Å². The van der Waals surface area contributed by atoms with Gasteiger partial charge in [-0.25, -0.2) is 0 Å². The van der Waals surface area contributed by atoms with Gasteiger partial charge in [0.1, 0.15) is 18.1 Å². The minimum absolute atomic E-state index is 0.0726. The summed E-state index contributed by atoms with van der Waals surface area (Å²) in [7, 11) is 1.64.